The van der Waals surface area contributed by atoms with Crippen molar-refractivity contribution >= 4 is 11.8 Å². The molecular weight excluding hydrogens is 248 g/mol. The molecule has 18 heavy (non-hydrogen) atoms. The van der Waals surface area contributed by atoms with Crippen LogP contribution in [0.25, 0.3) is 0 Å². The normalized spacial score (nSPS) is 24.4. The summed E-state index contributed by atoms with van der Waals surface area (Å²) in [7, 11) is 2.02. The molecule has 1 unspecified atom stereocenters. The molecule has 0 radical (unpaired) electrons. The van der Waals surface area contributed by atoms with E-state index in [2.05, 4.69) is 20.2 Å². The maximum Gasteiger partial charge on any atom is 0.167 e. The zero-order chi connectivity index (χ0) is 13.0. The van der Waals surface area contributed by atoms with E-state index in [-0.39, 0.29) is 0 Å². The van der Waals surface area contributed by atoms with Gasteiger partial charge in [0.05, 0.1) is 17.5 Å². The van der Waals surface area contributed by atoms with E-state index < -0.39 is 5.60 Å². The molecule has 1 aliphatic heterocycles. The molecule has 0 spiro atoms. The number of thioether (sulfide) groups is 1. The average Bonchev–Trinajstić information content (AvgIpc) is 2.71. The Bertz CT molecular complexity index is 387. The van der Waals surface area contributed by atoms with Crippen molar-refractivity contribution in [3.63, 3.8) is 0 Å². The first-order chi connectivity index (χ1) is 8.64. The lowest BCUT2D eigenvalue weighted by Gasteiger charge is -2.32. The molecule has 6 heteroatoms. The fraction of sp³-hybridized carbons (Fsp3) is 0.750. The number of imidazole rings is 1. The van der Waals surface area contributed by atoms with Gasteiger partial charge in [-0.15, -0.1) is 0 Å². The van der Waals surface area contributed by atoms with Gasteiger partial charge in [-0.05, 0) is 25.6 Å². The third-order valence-corrected chi connectivity index (χ3v) is 4.18. The molecule has 0 aromatic carbocycles. The highest BCUT2D eigenvalue weighted by atomic mass is 32.2. The molecule has 102 valence electrons. The Hall–Kier alpha value is -0.560. The van der Waals surface area contributed by atoms with Crippen LogP contribution in [0.2, 0.25) is 0 Å². The van der Waals surface area contributed by atoms with E-state index >= 15 is 0 Å². The van der Waals surface area contributed by atoms with E-state index in [0.29, 0.717) is 13.1 Å². The maximum absolute atomic E-state index is 10.3. The molecule has 0 amide bonds. The van der Waals surface area contributed by atoms with Gasteiger partial charge < -0.3 is 20.3 Å². The minimum absolute atomic E-state index is 0.598. The van der Waals surface area contributed by atoms with Crippen LogP contribution in [0.5, 0.6) is 0 Å². The van der Waals surface area contributed by atoms with Crippen LogP contribution < -0.4 is 10.6 Å². The van der Waals surface area contributed by atoms with E-state index in [9.17, 15) is 5.11 Å². The van der Waals surface area contributed by atoms with Gasteiger partial charge in [-0.3, -0.25) is 0 Å². The second-order valence-electron chi connectivity index (χ2n) is 4.90. The van der Waals surface area contributed by atoms with Crippen LogP contribution in [0.3, 0.4) is 0 Å². The Balaban J connectivity index is 1.82. The standard InChI is InChI=1S/C12H22N4OS/c1-16-10(7-15-11(16)18-2)6-14-9-12(17)4-3-5-13-8-12/h7,13-14,17H,3-6,8-9H2,1-2H3. The molecule has 2 rings (SSSR count). The topological polar surface area (TPSA) is 62.1 Å². The van der Waals surface area contributed by atoms with Crippen molar-refractivity contribution in [3.05, 3.63) is 11.9 Å². The number of piperidine rings is 1. The summed E-state index contributed by atoms with van der Waals surface area (Å²) in [5, 5.41) is 17.9. The highest BCUT2D eigenvalue weighted by Crippen LogP contribution is 2.16. The summed E-state index contributed by atoms with van der Waals surface area (Å²) in [6, 6.07) is 0. The van der Waals surface area contributed by atoms with Crippen molar-refractivity contribution in [1.29, 1.82) is 0 Å². The maximum atomic E-state index is 10.3. The van der Waals surface area contributed by atoms with Gasteiger partial charge in [0.1, 0.15) is 0 Å². The molecule has 1 fully saturated rings. The Morgan fingerprint density at radius 3 is 3.11 bits per heavy atom. The zero-order valence-corrected chi connectivity index (χ0v) is 11.9. The van der Waals surface area contributed by atoms with Crippen LogP contribution in [0.4, 0.5) is 0 Å². The summed E-state index contributed by atoms with van der Waals surface area (Å²) in [5.74, 6) is 0. The second-order valence-corrected chi connectivity index (χ2v) is 5.68. The van der Waals surface area contributed by atoms with Gasteiger partial charge in [-0.2, -0.15) is 0 Å². The molecule has 3 N–H and O–H groups in total. The summed E-state index contributed by atoms with van der Waals surface area (Å²) >= 11 is 1.64. The fourth-order valence-corrected chi connectivity index (χ4v) is 2.85. The molecule has 1 aliphatic rings. The molecule has 1 aromatic heterocycles. The number of nitrogens with one attached hydrogen (secondary N) is 2. The Labute approximate surface area is 112 Å². The van der Waals surface area contributed by atoms with Crippen LogP contribution in [0, 0.1) is 0 Å². The SMILES string of the molecule is CSc1ncc(CNCC2(O)CCCNC2)n1C. The van der Waals surface area contributed by atoms with E-state index in [1.807, 2.05) is 19.5 Å². The van der Waals surface area contributed by atoms with Crippen molar-refractivity contribution < 1.29 is 5.11 Å². The number of nitrogens with zero attached hydrogens (tertiary/aromatic N) is 2. The number of hydrogen-bond donors (Lipinski definition) is 3. The van der Waals surface area contributed by atoms with E-state index in [4.69, 9.17) is 0 Å². The van der Waals surface area contributed by atoms with E-state index in [0.717, 1.165) is 36.8 Å². The van der Waals surface area contributed by atoms with Gasteiger partial charge in [0.25, 0.3) is 0 Å². The van der Waals surface area contributed by atoms with Gasteiger partial charge >= 0.3 is 0 Å². The van der Waals surface area contributed by atoms with Crippen LogP contribution in [0.15, 0.2) is 11.4 Å². The first-order valence-electron chi connectivity index (χ1n) is 6.33. The quantitative estimate of drug-likeness (QED) is 0.674. The fourth-order valence-electron chi connectivity index (χ4n) is 2.31. The Kier molecular flexibility index (Phi) is 4.66. The van der Waals surface area contributed by atoms with Crippen LogP contribution in [-0.2, 0) is 13.6 Å². The molecule has 2 heterocycles. The summed E-state index contributed by atoms with van der Waals surface area (Å²) < 4.78 is 2.08. The molecule has 0 aliphatic carbocycles. The van der Waals surface area contributed by atoms with Crippen molar-refractivity contribution in [3.8, 4) is 0 Å². The number of aromatic nitrogens is 2. The number of rotatable bonds is 5. The third kappa shape index (κ3) is 3.26. The second kappa shape index (κ2) is 6.06. The molecule has 1 atom stereocenters. The predicted octanol–water partition coefficient (Wildman–Crippen LogP) is 0.346. The lowest BCUT2D eigenvalue weighted by molar-refractivity contribution is 0.0168. The molecule has 0 bridgehead atoms. The van der Waals surface area contributed by atoms with Crippen molar-refractivity contribution in [1.82, 2.24) is 20.2 Å². The zero-order valence-electron chi connectivity index (χ0n) is 11.1. The van der Waals surface area contributed by atoms with Crippen molar-refractivity contribution in [2.45, 2.75) is 30.1 Å². The van der Waals surface area contributed by atoms with E-state index in [1.54, 1.807) is 11.8 Å². The van der Waals surface area contributed by atoms with E-state index in [1.165, 1.54) is 0 Å². The molecular formula is C12H22N4OS. The number of hydrogen-bond acceptors (Lipinski definition) is 5. The summed E-state index contributed by atoms with van der Waals surface area (Å²) in [6.45, 7) is 3.06. The highest BCUT2D eigenvalue weighted by Gasteiger charge is 2.28. The largest absolute Gasteiger partial charge is 0.387 e. The van der Waals surface area contributed by atoms with Crippen LogP contribution in [0.1, 0.15) is 18.5 Å². The molecule has 1 saturated heterocycles. The minimum Gasteiger partial charge on any atom is -0.387 e. The lowest BCUT2D eigenvalue weighted by Crippen LogP contribution is -2.51. The smallest absolute Gasteiger partial charge is 0.167 e. The summed E-state index contributed by atoms with van der Waals surface area (Å²) in [4.78, 5) is 4.33. The van der Waals surface area contributed by atoms with Gasteiger partial charge in [0, 0.05) is 26.7 Å². The van der Waals surface area contributed by atoms with Gasteiger partial charge in [0.2, 0.25) is 0 Å². The first kappa shape index (κ1) is 13.9. The van der Waals surface area contributed by atoms with Gasteiger partial charge in [0.15, 0.2) is 5.16 Å². The molecule has 5 nitrogen and oxygen atoms in total. The summed E-state index contributed by atoms with van der Waals surface area (Å²) in [5.41, 5.74) is 0.547. The Morgan fingerprint density at radius 2 is 2.50 bits per heavy atom. The lowest BCUT2D eigenvalue weighted by atomic mass is 9.94. The number of β-amino-alcohol motifs (C(OH)–C–C–N with tert-alkyl or cyclic N) is 1. The number of aliphatic hydroxyl groups is 1. The van der Waals surface area contributed by atoms with Crippen LogP contribution >= 0.6 is 11.8 Å². The first-order valence-corrected chi connectivity index (χ1v) is 7.55. The Morgan fingerprint density at radius 1 is 1.67 bits per heavy atom. The molecule has 1 aromatic rings. The van der Waals surface area contributed by atoms with Crippen molar-refractivity contribution in [2.24, 2.45) is 7.05 Å². The van der Waals surface area contributed by atoms with Crippen LogP contribution in [-0.4, -0.2) is 46.1 Å². The van der Waals surface area contributed by atoms with Gasteiger partial charge in [-0.1, -0.05) is 11.8 Å². The predicted molar refractivity (Wildman–Crippen MR) is 73.7 cm³/mol. The summed E-state index contributed by atoms with van der Waals surface area (Å²) in [6.07, 6.45) is 5.83. The highest BCUT2D eigenvalue weighted by molar-refractivity contribution is 7.98. The third-order valence-electron chi connectivity index (χ3n) is 3.43. The van der Waals surface area contributed by atoms with Gasteiger partial charge in [-0.25, -0.2) is 4.98 Å². The molecule has 0 saturated carbocycles. The average molecular weight is 270 g/mol. The monoisotopic (exact) mass is 270 g/mol. The minimum atomic E-state index is -0.598. The van der Waals surface area contributed by atoms with Crippen molar-refractivity contribution in [2.75, 3.05) is 25.9 Å².